The first kappa shape index (κ1) is 17.0. The average Bonchev–Trinajstić information content (AvgIpc) is 2.31. The van der Waals surface area contributed by atoms with E-state index < -0.39 is 0 Å². The van der Waals surface area contributed by atoms with Crippen LogP contribution >= 0.6 is 0 Å². The monoisotopic (exact) mass is 268 g/mol. The Morgan fingerprint density at radius 1 is 0.842 bits per heavy atom. The van der Waals surface area contributed by atoms with Crippen LogP contribution in [0.3, 0.4) is 0 Å². The summed E-state index contributed by atoms with van der Waals surface area (Å²) in [4.78, 5) is 0. The Hall–Kier alpha value is -0.0400. The highest BCUT2D eigenvalue weighted by molar-refractivity contribution is 4.90. The van der Waals surface area contributed by atoms with Crippen LogP contribution in [-0.2, 0) is 0 Å². The molecule has 1 aliphatic carbocycles. The molecule has 0 bridgehead atoms. The Morgan fingerprint density at radius 3 is 2.00 bits per heavy atom. The van der Waals surface area contributed by atoms with Gasteiger partial charge in [0.2, 0.25) is 0 Å². The Balaban J connectivity index is 2.05. The van der Waals surface area contributed by atoms with E-state index >= 15 is 0 Å². The molecule has 1 nitrogen and oxygen atoms in total. The SMILES string of the molecule is CCCCCCCCCCC1(O)CCCC(C)(C)C1. The molecule has 0 saturated heterocycles. The van der Waals surface area contributed by atoms with Crippen molar-refractivity contribution in [2.24, 2.45) is 5.41 Å². The van der Waals surface area contributed by atoms with E-state index in [-0.39, 0.29) is 5.60 Å². The molecule has 1 saturated carbocycles. The van der Waals surface area contributed by atoms with E-state index in [0.29, 0.717) is 5.41 Å². The van der Waals surface area contributed by atoms with Crippen LogP contribution in [0.1, 0.15) is 104 Å². The van der Waals surface area contributed by atoms with Crippen molar-refractivity contribution in [3.63, 3.8) is 0 Å². The molecule has 1 atom stereocenters. The number of aliphatic hydroxyl groups is 1. The standard InChI is InChI=1S/C18H36O/c1-4-5-6-7-8-9-10-11-14-18(19)15-12-13-17(2,3)16-18/h19H,4-16H2,1-3H3. The lowest BCUT2D eigenvalue weighted by atomic mass is 9.68. The summed E-state index contributed by atoms with van der Waals surface area (Å²) in [6, 6.07) is 0. The van der Waals surface area contributed by atoms with Gasteiger partial charge in [0.15, 0.2) is 0 Å². The minimum absolute atomic E-state index is 0.343. The first-order valence-corrected chi connectivity index (χ1v) is 8.70. The predicted octanol–water partition coefficient (Wildman–Crippen LogP) is 5.85. The van der Waals surface area contributed by atoms with Crippen LogP contribution in [0.2, 0.25) is 0 Å². The molecule has 0 aromatic heterocycles. The summed E-state index contributed by atoms with van der Waals surface area (Å²) in [5.41, 5.74) is 0.0110. The molecule has 0 amide bonds. The first-order chi connectivity index (χ1) is 8.97. The number of hydrogen-bond acceptors (Lipinski definition) is 1. The van der Waals surface area contributed by atoms with E-state index in [4.69, 9.17) is 0 Å². The van der Waals surface area contributed by atoms with Gasteiger partial charge < -0.3 is 5.11 Å². The second-order valence-corrected chi connectivity index (χ2v) is 7.64. The van der Waals surface area contributed by atoms with Gasteiger partial charge in [0.1, 0.15) is 0 Å². The summed E-state index contributed by atoms with van der Waals surface area (Å²) in [7, 11) is 0. The molecular weight excluding hydrogens is 232 g/mol. The highest BCUT2D eigenvalue weighted by Gasteiger charge is 2.37. The third-order valence-electron chi connectivity index (χ3n) is 4.80. The maximum Gasteiger partial charge on any atom is 0.0653 e. The first-order valence-electron chi connectivity index (χ1n) is 8.70. The quantitative estimate of drug-likeness (QED) is 0.520. The lowest BCUT2D eigenvalue weighted by molar-refractivity contribution is -0.0465. The van der Waals surface area contributed by atoms with E-state index in [1.807, 2.05) is 0 Å². The fraction of sp³-hybridized carbons (Fsp3) is 1.00. The molecule has 1 heteroatoms. The van der Waals surface area contributed by atoms with Gasteiger partial charge in [0, 0.05) is 0 Å². The number of hydrogen-bond donors (Lipinski definition) is 1. The van der Waals surface area contributed by atoms with Crippen LogP contribution in [0.15, 0.2) is 0 Å². The van der Waals surface area contributed by atoms with Crippen LogP contribution in [0.4, 0.5) is 0 Å². The van der Waals surface area contributed by atoms with Crippen molar-refractivity contribution >= 4 is 0 Å². The maximum atomic E-state index is 10.7. The summed E-state index contributed by atoms with van der Waals surface area (Å²) >= 11 is 0. The van der Waals surface area contributed by atoms with Gasteiger partial charge in [0.05, 0.1) is 5.60 Å². The third-order valence-corrected chi connectivity index (χ3v) is 4.80. The van der Waals surface area contributed by atoms with E-state index in [2.05, 4.69) is 20.8 Å². The molecule has 0 aromatic rings. The van der Waals surface area contributed by atoms with E-state index in [1.165, 1.54) is 64.2 Å². The van der Waals surface area contributed by atoms with Gasteiger partial charge in [-0.05, 0) is 31.1 Å². The molecule has 19 heavy (non-hydrogen) atoms. The number of unbranched alkanes of at least 4 members (excludes halogenated alkanes) is 7. The van der Waals surface area contributed by atoms with Gasteiger partial charge in [-0.1, -0.05) is 78.6 Å². The molecule has 1 N–H and O–H groups in total. The highest BCUT2D eigenvalue weighted by atomic mass is 16.3. The summed E-state index contributed by atoms with van der Waals surface area (Å²) in [6.45, 7) is 6.89. The molecule has 0 heterocycles. The topological polar surface area (TPSA) is 20.2 Å². The summed E-state index contributed by atoms with van der Waals surface area (Å²) in [5, 5.41) is 10.7. The molecule has 114 valence electrons. The zero-order valence-electron chi connectivity index (χ0n) is 13.6. The van der Waals surface area contributed by atoms with Gasteiger partial charge in [-0.15, -0.1) is 0 Å². The lowest BCUT2D eigenvalue weighted by Gasteiger charge is -2.41. The van der Waals surface area contributed by atoms with Crippen LogP contribution in [0, 0.1) is 5.41 Å². The zero-order chi connectivity index (χ0) is 14.2. The molecule has 0 aliphatic heterocycles. The summed E-state index contributed by atoms with van der Waals surface area (Å²) < 4.78 is 0. The van der Waals surface area contributed by atoms with Crippen LogP contribution in [0.5, 0.6) is 0 Å². The van der Waals surface area contributed by atoms with Gasteiger partial charge in [-0.25, -0.2) is 0 Å². The van der Waals surface area contributed by atoms with Crippen molar-refractivity contribution in [3.05, 3.63) is 0 Å². The van der Waals surface area contributed by atoms with E-state index in [9.17, 15) is 5.11 Å². The molecule has 1 unspecified atom stereocenters. The van der Waals surface area contributed by atoms with Crippen LogP contribution in [-0.4, -0.2) is 10.7 Å². The van der Waals surface area contributed by atoms with Crippen molar-refractivity contribution in [2.75, 3.05) is 0 Å². The Morgan fingerprint density at radius 2 is 1.42 bits per heavy atom. The van der Waals surface area contributed by atoms with Crippen molar-refractivity contribution in [1.82, 2.24) is 0 Å². The van der Waals surface area contributed by atoms with E-state index in [0.717, 1.165) is 19.3 Å². The van der Waals surface area contributed by atoms with Gasteiger partial charge >= 0.3 is 0 Å². The average molecular weight is 268 g/mol. The lowest BCUT2D eigenvalue weighted by Crippen LogP contribution is -2.38. The van der Waals surface area contributed by atoms with Crippen molar-refractivity contribution < 1.29 is 5.11 Å². The Bertz CT molecular complexity index is 234. The second kappa shape index (κ2) is 8.29. The van der Waals surface area contributed by atoms with Gasteiger partial charge in [-0.3, -0.25) is 0 Å². The van der Waals surface area contributed by atoms with Gasteiger partial charge in [-0.2, -0.15) is 0 Å². The minimum atomic E-state index is -0.343. The highest BCUT2D eigenvalue weighted by Crippen LogP contribution is 2.43. The third kappa shape index (κ3) is 7.34. The predicted molar refractivity (Wildman–Crippen MR) is 84.4 cm³/mol. The van der Waals surface area contributed by atoms with Crippen LogP contribution < -0.4 is 0 Å². The van der Waals surface area contributed by atoms with Crippen LogP contribution in [0.25, 0.3) is 0 Å². The van der Waals surface area contributed by atoms with Crippen molar-refractivity contribution in [3.8, 4) is 0 Å². The second-order valence-electron chi connectivity index (χ2n) is 7.64. The number of rotatable bonds is 9. The fourth-order valence-corrected chi connectivity index (χ4v) is 3.76. The summed E-state index contributed by atoms with van der Waals surface area (Å²) in [6.07, 6.45) is 16.4. The Kier molecular flexibility index (Phi) is 7.42. The molecule has 0 spiro atoms. The van der Waals surface area contributed by atoms with Crippen molar-refractivity contribution in [2.45, 2.75) is 110 Å². The van der Waals surface area contributed by atoms with Crippen molar-refractivity contribution in [1.29, 1.82) is 0 Å². The fourth-order valence-electron chi connectivity index (χ4n) is 3.76. The minimum Gasteiger partial charge on any atom is -0.390 e. The molecule has 1 fully saturated rings. The largest absolute Gasteiger partial charge is 0.390 e. The maximum absolute atomic E-state index is 10.7. The molecule has 1 rings (SSSR count). The molecule has 0 aromatic carbocycles. The van der Waals surface area contributed by atoms with E-state index in [1.54, 1.807) is 0 Å². The normalized spacial score (nSPS) is 26.5. The summed E-state index contributed by atoms with van der Waals surface area (Å²) in [5.74, 6) is 0. The van der Waals surface area contributed by atoms with Gasteiger partial charge in [0.25, 0.3) is 0 Å². The zero-order valence-corrected chi connectivity index (χ0v) is 13.6. The Labute approximate surface area is 121 Å². The molecule has 0 radical (unpaired) electrons. The molecular formula is C18H36O. The smallest absolute Gasteiger partial charge is 0.0653 e. The molecule has 1 aliphatic rings.